The Hall–Kier alpha value is -1.40. The molecule has 1 unspecified atom stereocenters. The van der Waals surface area contributed by atoms with Gasteiger partial charge in [-0.05, 0) is 50.7 Å². The van der Waals surface area contributed by atoms with Crippen molar-refractivity contribution >= 4 is 39.3 Å². The van der Waals surface area contributed by atoms with Crippen LogP contribution < -0.4 is 0 Å². The molecular weight excluding hydrogens is 348 g/mol. The highest BCUT2D eigenvalue weighted by molar-refractivity contribution is 9.10. The fourth-order valence-corrected chi connectivity index (χ4v) is 3.30. The normalized spacial score (nSPS) is 13.0. The molecule has 1 aromatic carbocycles. The highest BCUT2D eigenvalue weighted by Crippen LogP contribution is 2.26. The van der Waals surface area contributed by atoms with Crippen LogP contribution >= 0.6 is 28.1 Å². The highest BCUT2D eigenvalue weighted by atomic mass is 79.9. The van der Waals surface area contributed by atoms with Crippen molar-refractivity contribution in [3.63, 3.8) is 0 Å². The van der Waals surface area contributed by atoms with Crippen molar-refractivity contribution in [3.05, 3.63) is 44.8 Å². The van der Waals surface area contributed by atoms with Crippen LogP contribution in [0.4, 0.5) is 0 Å². The molecular formula is C15H17BrN4S. The second-order valence-electron chi connectivity index (χ2n) is 5.13. The Kier molecular flexibility index (Phi) is 3.75. The molecule has 0 bridgehead atoms. The summed E-state index contributed by atoms with van der Waals surface area (Å²) in [5.41, 5.74) is 4.30. The van der Waals surface area contributed by atoms with Crippen LogP contribution in [-0.4, -0.2) is 19.3 Å². The Morgan fingerprint density at radius 3 is 2.62 bits per heavy atom. The zero-order valence-corrected chi connectivity index (χ0v) is 14.6. The van der Waals surface area contributed by atoms with E-state index in [4.69, 9.17) is 12.2 Å². The highest BCUT2D eigenvalue weighted by Gasteiger charge is 2.18. The minimum atomic E-state index is 0.153. The number of hydrogen-bond donors (Lipinski definition) is 1. The molecule has 0 saturated heterocycles. The molecule has 3 aromatic rings. The first-order chi connectivity index (χ1) is 10.0. The van der Waals surface area contributed by atoms with E-state index >= 15 is 0 Å². The Morgan fingerprint density at radius 2 is 2.00 bits per heavy atom. The number of imidazole rings is 1. The number of hydrogen-bond acceptors (Lipinski definition) is 2. The summed E-state index contributed by atoms with van der Waals surface area (Å²) in [5.74, 6) is 0. The minimum absolute atomic E-state index is 0.153. The van der Waals surface area contributed by atoms with Gasteiger partial charge in [-0.15, -0.1) is 0 Å². The van der Waals surface area contributed by atoms with Crippen molar-refractivity contribution < 1.29 is 0 Å². The van der Waals surface area contributed by atoms with E-state index in [-0.39, 0.29) is 6.04 Å². The van der Waals surface area contributed by atoms with Crippen LogP contribution in [-0.2, 0) is 6.54 Å². The summed E-state index contributed by atoms with van der Waals surface area (Å²) in [7, 11) is 0. The molecule has 2 aromatic heterocycles. The van der Waals surface area contributed by atoms with Gasteiger partial charge in [-0.3, -0.25) is 4.57 Å². The van der Waals surface area contributed by atoms with Crippen molar-refractivity contribution in [3.8, 4) is 0 Å². The lowest BCUT2D eigenvalue weighted by molar-refractivity contribution is 0.596. The standard InChI is InChI=1S/C15H17BrN4S/c1-4-19-14-13(9(2)18-19)17-15(21)20(14)10(3)11-5-7-12(16)8-6-11/h5-8,10H,4H2,1-3H3,(H,17,21). The second-order valence-corrected chi connectivity index (χ2v) is 6.43. The molecule has 0 amide bonds. The molecule has 6 heteroatoms. The molecule has 0 saturated carbocycles. The van der Waals surface area contributed by atoms with E-state index in [0.29, 0.717) is 0 Å². The molecule has 0 aliphatic rings. The van der Waals surface area contributed by atoms with Crippen LogP contribution in [0.15, 0.2) is 28.7 Å². The molecule has 1 atom stereocenters. The first-order valence-corrected chi connectivity index (χ1v) is 8.16. The van der Waals surface area contributed by atoms with Gasteiger partial charge in [-0.2, -0.15) is 5.10 Å². The number of nitrogens with one attached hydrogen (secondary N) is 1. The number of aryl methyl sites for hydroxylation is 2. The lowest BCUT2D eigenvalue weighted by Gasteiger charge is -2.15. The van der Waals surface area contributed by atoms with Crippen molar-refractivity contribution in [2.75, 3.05) is 0 Å². The van der Waals surface area contributed by atoms with Crippen LogP contribution in [0.1, 0.15) is 31.1 Å². The maximum atomic E-state index is 5.53. The lowest BCUT2D eigenvalue weighted by Crippen LogP contribution is -2.10. The van der Waals surface area contributed by atoms with Gasteiger partial charge in [0.15, 0.2) is 10.4 Å². The molecule has 0 fully saturated rings. The average molecular weight is 365 g/mol. The van der Waals surface area contributed by atoms with Crippen LogP contribution in [0.5, 0.6) is 0 Å². The number of H-pyrrole nitrogens is 1. The summed E-state index contributed by atoms with van der Waals surface area (Å²) >= 11 is 9.01. The number of aromatic amines is 1. The Balaban J connectivity index is 2.21. The van der Waals surface area contributed by atoms with Gasteiger partial charge in [0.1, 0.15) is 5.52 Å². The number of fused-ring (bicyclic) bond motifs is 1. The number of benzene rings is 1. The monoisotopic (exact) mass is 364 g/mol. The third-order valence-corrected chi connectivity index (χ3v) is 4.65. The molecule has 4 nitrogen and oxygen atoms in total. The molecule has 3 rings (SSSR count). The van der Waals surface area contributed by atoms with Crippen molar-refractivity contribution in [1.82, 2.24) is 19.3 Å². The lowest BCUT2D eigenvalue weighted by atomic mass is 10.1. The topological polar surface area (TPSA) is 38.5 Å². The first kappa shape index (κ1) is 14.5. The third-order valence-electron chi connectivity index (χ3n) is 3.82. The largest absolute Gasteiger partial charge is 0.328 e. The molecule has 0 spiro atoms. The van der Waals surface area contributed by atoms with Crippen LogP contribution in [0.25, 0.3) is 11.2 Å². The van der Waals surface area contributed by atoms with Gasteiger partial charge < -0.3 is 4.98 Å². The maximum Gasteiger partial charge on any atom is 0.179 e. The zero-order valence-electron chi connectivity index (χ0n) is 12.2. The molecule has 0 aliphatic heterocycles. The van der Waals surface area contributed by atoms with Gasteiger partial charge in [0.2, 0.25) is 0 Å². The fraction of sp³-hybridized carbons (Fsp3) is 0.333. The predicted octanol–water partition coefficient (Wildman–Crippen LogP) is 4.60. The van der Waals surface area contributed by atoms with Crippen molar-refractivity contribution in [2.45, 2.75) is 33.4 Å². The third kappa shape index (κ3) is 2.36. The number of rotatable bonds is 3. The molecule has 1 N–H and O–H groups in total. The number of halogens is 1. The molecule has 0 aliphatic carbocycles. The van der Waals surface area contributed by atoms with Crippen molar-refractivity contribution in [2.24, 2.45) is 0 Å². The van der Waals surface area contributed by atoms with Gasteiger partial charge in [0.05, 0.1) is 11.7 Å². The average Bonchev–Trinajstić information content (AvgIpc) is 2.96. The van der Waals surface area contributed by atoms with Crippen molar-refractivity contribution in [1.29, 1.82) is 0 Å². The smallest absolute Gasteiger partial charge is 0.179 e. The van der Waals surface area contributed by atoms with Crippen LogP contribution in [0.2, 0.25) is 0 Å². The van der Waals surface area contributed by atoms with E-state index in [9.17, 15) is 0 Å². The number of aromatic nitrogens is 4. The Bertz CT molecular complexity index is 841. The van der Waals surface area contributed by atoms with Gasteiger partial charge in [-0.25, -0.2) is 4.68 Å². The van der Waals surface area contributed by atoms with Crippen LogP contribution in [0.3, 0.4) is 0 Å². The van der Waals surface area contributed by atoms with Gasteiger partial charge >= 0.3 is 0 Å². The maximum absolute atomic E-state index is 5.53. The summed E-state index contributed by atoms with van der Waals surface area (Å²) in [6.45, 7) is 7.09. The van der Waals surface area contributed by atoms with E-state index in [1.54, 1.807) is 0 Å². The first-order valence-electron chi connectivity index (χ1n) is 6.96. The SMILES string of the molecule is CCn1nc(C)c2[nH]c(=S)n(C(C)c3ccc(Br)cc3)c21. The minimum Gasteiger partial charge on any atom is -0.328 e. The fourth-order valence-electron chi connectivity index (χ4n) is 2.69. The summed E-state index contributed by atoms with van der Waals surface area (Å²) < 4.78 is 5.97. The van der Waals surface area contributed by atoms with Gasteiger partial charge in [-0.1, -0.05) is 28.1 Å². The molecule has 21 heavy (non-hydrogen) atoms. The van der Waals surface area contributed by atoms with E-state index in [2.05, 4.69) is 68.7 Å². The summed E-state index contributed by atoms with van der Waals surface area (Å²) in [5, 5.41) is 4.57. The predicted molar refractivity (Wildman–Crippen MR) is 91.3 cm³/mol. The van der Waals surface area contributed by atoms with E-state index in [1.807, 2.05) is 11.6 Å². The van der Waals surface area contributed by atoms with Gasteiger partial charge in [0, 0.05) is 11.0 Å². The molecule has 110 valence electrons. The molecule has 2 heterocycles. The van der Waals surface area contributed by atoms with Crippen LogP contribution in [0, 0.1) is 11.7 Å². The quantitative estimate of drug-likeness (QED) is 0.689. The summed E-state index contributed by atoms with van der Waals surface area (Å²) in [6, 6.07) is 8.51. The molecule has 0 radical (unpaired) electrons. The van der Waals surface area contributed by atoms with Gasteiger partial charge in [0.25, 0.3) is 0 Å². The van der Waals surface area contributed by atoms with E-state index < -0.39 is 0 Å². The Morgan fingerprint density at radius 1 is 1.33 bits per heavy atom. The van der Waals surface area contributed by atoms with E-state index in [1.165, 1.54) is 5.56 Å². The zero-order chi connectivity index (χ0) is 15.1. The second kappa shape index (κ2) is 5.42. The summed E-state index contributed by atoms with van der Waals surface area (Å²) in [4.78, 5) is 3.30. The van der Waals surface area contributed by atoms with E-state index in [0.717, 1.165) is 32.6 Å². The Labute approximate surface area is 136 Å². The summed E-state index contributed by atoms with van der Waals surface area (Å²) in [6.07, 6.45) is 0. The number of nitrogens with zero attached hydrogens (tertiary/aromatic N) is 3.